The van der Waals surface area contributed by atoms with Gasteiger partial charge in [-0.2, -0.15) is 0 Å². The average molecular weight is 329 g/mol. The second-order valence-electron chi connectivity index (χ2n) is 5.21. The largest absolute Gasteiger partial charge is 0.393 e. The van der Waals surface area contributed by atoms with E-state index in [0.717, 1.165) is 36.7 Å². The number of nitrogens with zero attached hydrogens (tertiary/aromatic N) is 1. The van der Waals surface area contributed by atoms with E-state index in [0.29, 0.717) is 18.2 Å². The molecule has 106 valence electrons. The van der Waals surface area contributed by atoms with Gasteiger partial charge in [-0.1, -0.05) is 0 Å². The molecule has 0 unspecified atom stereocenters. The molecule has 1 aliphatic carbocycles. The van der Waals surface area contributed by atoms with Crippen molar-refractivity contribution in [2.75, 3.05) is 6.54 Å². The summed E-state index contributed by atoms with van der Waals surface area (Å²) in [7, 11) is 0. The third kappa shape index (κ3) is 3.83. The zero-order chi connectivity index (χ0) is 13.8. The molecule has 1 aromatic heterocycles. The first-order valence-electron chi connectivity index (χ1n) is 6.92. The number of amides is 1. The maximum absolute atomic E-state index is 12.1. The molecule has 0 spiro atoms. The molecular formula is C14H21BrN2O2. The van der Waals surface area contributed by atoms with Gasteiger partial charge in [0, 0.05) is 23.8 Å². The Morgan fingerprint density at radius 3 is 2.79 bits per heavy atom. The molecule has 0 aromatic carbocycles. The zero-order valence-electron chi connectivity index (χ0n) is 11.2. The quantitative estimate of drug-likeness (QED) is 0.892. The Morgan fingerprint density at radius 2 is 2.16 bits per heavy atom. The fraction of sp³-hybridized carbons (Fsp3) is 0.643. The number of carbonyl (C=O) groups is 1. The smallest absolute Gasteiger partial charge is 0.267 e. The molecule has 2 N–H and O–H groups in total. The molecule has 1 fully saturated rings. The summed E-state index contributed by atoms with van der Waals surface area (Å²) in [5.74, 6) is 0.486. The van der Waals surface area contributed by atoms with Gasteiger partial charge in [0.1, 0.15) is 5.69 Å². The highest BCUT2D eigenvalue weighted by Crippen LogP contribution is 2.23. The van der Waals surface area contributed by atoms with Gasteiger partial charge in [0.2, 0.25) is 0 Å². The third-order valence-corrected chi connectivity index (χ3v) is 4.24. The summed E-state index contributed by atoms with van der Waals surface area (Å²) in [5, 5.41) is 12.5. The number of rotatable bonds is 4. The van der Waals surface area contributed by atoms with Crippen LogP contribution in [0, 0.1) is 5.92 Å². The Balaban J connectivity index is 1.87. The van der Waals surface area contributed by atoms with Gasteiger partial charge in [0.25, 0.3) is 5.91 Å². The van der Waals surface area contributed by atoms with Crippen molar-refractivity contribution in [1.29, 1.82) is 0 Å². The molecule has 1 aromatic rings. The Morgan fingerprint density at radius 1 is 1.47 bits per heavy atom. The Bertz CT molecular complexity index is 437. The number of carbonyl (C=O) groups excluding carboxylic acids is 1. The van der Waals surface area contributed by atoms with Gasteiger partial charge in [-0.05, 0) is 60.5 Å². The minimum Gasteiger partial charge on any atom is -0.393 e. The van der Waals surface area contributed by atoms with Crippen LogP contribution in [0.2, 0.25) is 0 Å². The molecule has 0 saturated heterocycles. The predicted molar refractivity (Wildman–Crippen MR) is 78.1 cm³/mol. The van der Waals surface area contributed by atoms with Crippen LogP contribution in [-0.2, 0) is 6.54 Å². The van der Waals surface area contributed by atoms with Crippen LogP contribution in [0.4, 0.5) is 0 Å². The zero-order valence-corrected chi connectivity index (χ0v) is 12.8. The van der Waals surface area contributed by atoms with Gasteiger partial charge in [-0.15, -0.1) is 0 Å². The lowest BCUT2D eigenvalue weighted by atomic mass is 9.87. The van der Waals surface area contributed by atoms with Gasteiger partial charge in [-0.25, -0.2) is 0 Å². The first kappa shape index (κ1) is 14.6. The van der Waals surface area contributed by atoms with E-state index >= 15 is 0 Å². The van der Waals surface area contributed by atoms with Crippen molar-refractivity contribution in [3.05, 3.63) is 22.4 Å². The number of aliphatic hydroxyl groups excluding tert-OH is 1. The summed E-state index contributed by atoms with van der Waals surface area (Å²) in [5.41, 5.74) is 0.699. The second kappa shape index (κ2) is 6.57. The summed E-state index contributed by atoms with van der Waals surface area (Å²) in [6.45, 7) is 3.51. The molecule has 0 aliphatic heterocycles. The molecule has 1 saturated carbocycles. The molecule has 0 radical (unpaired) electrons. The van der Waals surface area contributed by atoms with Crippen molar-refractivity contribution in [2.45, 2.75) is 45.3 Å². The van der Waals surface area contributed by atoms with Crippen molar-refractivity contribution in [3.63, 3.8) is 0 Å². The first-order valence-corrected chi connectivity index (χ1v) is 7.71. The third-order valence-electron chi connectivity index (χ3n) is 3.80. The van der Waals surface area contributed by atoms with Gasteiger partial charge in [0.05, 0.1) is 6.10 Å². The lowest BCUT2D eigenvalue weighted by molar-refractivity contribution is 0.0902. The standard InChI is InChI=1S/C14H21BrN2O2/c1-2-17-9-11(15)7-13(17)14(19)16-8-10-3-5-12(18)6-4-10/h7,9-10,12,18H,2-6,8H2,1H3,(H,16,19). The SMILES string of the molecule is CCn1cc(Br)cc1C(=O)NCC1CCC(O)CC1. The molecule has 2 rings (SSSR count). The molecule has 4 nitrogen and oxygen atoms in total. The van der Waals surface area contributed by atoms with Crippen LogP contribution in [0.15, 0.2) is 16.7 Å². The number of aryl methyl sites for hydroxylation is 1. The molecule has 5 heteroatoms. The number of nitrogens with one attached hydrogen (secondary N) is 1. The summed E-state index contributed by atoms with van der Waals surface area (Å²) >= 11 is 3.40. The maximum atomic E-state index is 12.1. The molecule has 19 heavy (non-hydrogen) atoms. The van der Waals surface area contributed by atoms with Crippen LogP contribution in [0.5, 0.6) is 0 Å². The number of aromatic nitrogens is 1. The van der Waals surface area contributed by atoms with Crippen molar-refractivity contribution < 1.29 is 9.90 Å². The molecule has 0 bridgehead atoms. The average Bonchev–Trinajstić information content (AvgIpc) is 2.79. The lowest BCUT2D eigenvalue weighted by Gasteiger charge is -2.25. The van der Waals surface area contributed by atoms with Crippen LogP contribution in [0.3, 0.4) is 0 Å². The molecule has 1 heterocycles. The van der Waals surface area contributed by atoms with Crippen LogP contribution in [0.25, 0.3) is 0 Å². The van der Waals surface area contributed by atoms with E-state index in [1.54, 1.807) is 0 Å². The molecule has 0 atom stereocenters. The normalized spacial score (nSPS) is 23.3. The minimum absolute atomic E-state index is 0.0151. The lowest BCUT2D eigenvalue weighted by Crippen LogP contribution is -2.33. The van der Waals surface area contributed by atoms with E-state index in [2.05, 4.69) is 21.2 Å². The fourth-order valence-corrected chi connectivity index (χ4v) is 3.07. The number of halogens is 1. The molecular weight excluding hydrogens is 308 g/mol. The Hall–Kier alpha value is -0.810. The monoisotopic (exact) mass is 328 g/mol. The van der Waals surface area contributed by atoms with Crippen molar-refractivity contribution >= 4 is 21.8 Å². The minimum atomic E-state index is -0.139. The second-order valence-corrected chi connectivity index (χ2v) is 6.13. The molecule has 1 aliphatic rings. The number of hydrogen-bond acceptors (Lipinski definition) is 2. The molecule has 1 amide bonds. The van der Waals surface area contributed by atoms with E-state index in [-0.39, 0.29) is 12.0 Å². The van der Waals surface area contributed by atoms with Crippen molar-refractivity contribution in [3.8, 4) is 0 Å². The summed E-state index contributed by atoms with van der Waals surface area (Å²) in [4.78, 5) is 12.1. The van der Waals surface area contributed by atoms with Gasteiger partial charge in [-0.3, -0.25) is 4.79 Å². The number of hydrogen-bond donors (Lipinski definition) is 2. The van der Waals surface area contributed by atoms with Gasteiger partial charge < -0.3 is 15.0 Å². The van der Waals surface area contributed by atoms with E-state index < -0.39 is 0 Å². The highest BCUT2D eigenvalue weighted by atomic mass is 79.9. The predicted octanol–water partition coefficient (Wildman–Crippen LogP) is 2.55. The van der Waals surface area contributed by atoms with Gasteiger partial charge >= 0.3 is 0 Å². The summed E-state index contributed by atoms with van der Waals surface area (Å²) in [6.07, 6.45) is 5.50. The Kier molecular flexibility index (Phi) is 5.05. The maximum Gasteiger partial charge on any atom is 0.267 e. The van der Waals surface area contributed by atoms with E-state index in [4.69, 9.17) is 0 Å². The number of aliphatic hydroxyl groups is 1. The van der Waals surface area contributed by atoms with Gasteiger partial charge in [0.15, 0.2) is 0 Å². The van der Waals surface area contributed by atoms with E-state index in [1.807, 2.05) is 23.8 Å². The highest BCUT2D eigenvalue weighted by Gasteiger charge is 2.20. The summed E-state index contributed by atoms with van der Waals surface area (Å²) in [6, 6.07) is 1.85. The van der Waals surface area contributed by atoms with Crippen LogP contribution in [0.1, 0.15) is 43.1 Å². The van der Waals surface area contributed by atoms with Crippen LogP contribution >= 0.6 is 15.9 Å². The first-order chi connectivity index (χ1) is 9.10. The van der Waals surface area contributed by atoms with E-state index in [1.165, 1.54) is 0 Å². The topological polar surface area (TPSA) is 54.3 Å². The van der Waals surface area contributed by atoms with Crippen molar-refractivity contribution in [1.82, 2.24) is 9.88 Å². The Labute approximate surface area is 122 Å². The fourth-order valence-electron chi connectivity index (χ4n) is 2.60. The van der Waals surface area contributed by atoms with Crippen LogP contribution < -0.4 is 5.32 Å². The summed E-state index contributed by atoms with van der Waals surface area (Å²) < 4.78 is 2.87. The highest BCUT2D eigenvalue weighted by molar-refractivity contribution is 9.10. The van der Waals surface area contributed by atoms with Crippen LogP contribution in [-0.4, -0.2) is 28.2 Å². The van der Waals surface area contributed by atoms with E-state index in [9.17, 15) is 9.90 Å². The van der Waals surface area contributed by atoms with Crippen molar-refractivity contribution in [2.24, 2.45) is 5.92 Å².